The van der Waals surface area contributed by atoms with Gasteiger partial charge >= 0.3 is 0 Å². The molecule has 0 saturated carbocycles. The van der Waals surface area contributed by atoms with Gasteiger partial charge in [0, 0.05) is 44.4 Å². The number of benzene rings is 1. The third kappa shape index (κ3) is 4.49. The summed E-state index contributed by atoms with van der Waals surface area (Å²) in [7, 11) is 0. The number of nitrogens with two attached hydrogens (primary N) is 1. The lowest BCUT2D eigenvalue weighted by molar-refractivity contribution is -0.155. The molecule has 0 unspecified atom stereocenters. The molecule has 0 aromatic heterocycles. The van der Waals surface area contributed by atoms with Gasteiger partial charge < -0.3 is 20.3 Å². The van der Waals surface area contributed by atoms with E-state index in [1.807, 2.05) is 24.3 Å². The van der Waals surface area contributed by atoms with Crippen LogP contribution in [0.3, 0.4) is 0 Å². The van der Waals surface area contributed by atoms with E-state index in [0.717, 1.165) is 5.56 Å². The number of rotatable bonds is 4. The fraction of sp³-hybridized carbons (Fsp3) is 0.556. The van der Waals surface area contributed by atoms with E-state index >= 15 is 0 Å². The van der Waals surface area contributed by atoms with Crippen molar-refractivity contribution in [1.82, 2.24) is 9.80 Å². The molecule has 2 amide bonds. The van der Waals surface area contributed by atoms with E-state index in [0.29, 0.717) is 57.3 Å². The van der Waals surface area contributed by atoms with E-state index in [1.54, 1.807) is 9.80 Å². The van der Waals surface area contributed by atoms with Crippen LogP contribution in [0.4, 0.5) is 0 Å². The second kappa shape index (κ2) is 9.04. The molecule has 144 valence electrons. The predicted molar refractivity (Wildman–Crippen MR) is 102 cm³/mol. The molecular formula is C18H25Cl2N3O3. The topological polar surface area (TPSA) is 75.9 Å². The van der Waals surface area contributed by atoms with Crippen molar-refractivity contribution in [2.24, 2.45) is 11.1 Å². The van der Waals surface area contributed by atoms with Crippen LogP contribution in [0.2, 0.25) is 5.02 Å². The zero-order valence-electron chi connectivity index (χ0n) is 14.7. The van der Waals surface area contributed by atoms with E-state index in [2.05, 4.69) is 0 Å². The van der Waals surface area contributed by atoms with E-state index in [4.69, 9.17) is 22.1 Å². The minimum absolute atomic E-state index is 0. The van der Waals surface area contributed by atoms with Crippen LogP contribution in [0.5, 0.6) is 0 Å². The van der Waals surface area contributed by atoms with Gasteiger partial charge in [-0.2, -0.15) is 0 Å². The van der Waals surface area contributed by atoms with Crippen LogP contribution in [0, 0.1) is 5.41 Å². The van der Waals surface area contributed by atoms with Gasteiger partial charge in [0.2, 0.25) is 11.8 Å². The number of carbonyl (C=O) groups excluding carboxylic acids is 2. The first-order valence-electron chi connectivity index (χ1n) is 8.63. The molecule has 1 aromatic carbocycles. The molecule has 0 aliphatic carbocycles. The minimum Gasteiger partial charge on any atom is -0.381 e. The van der Waals surface area contributed by atoms with Crippen molar-refractivity contribution in [3.63, 3.8) is 0 Å². The predicted octanol–water partition coefficient (Wildman–Crippen LogP) is 1.69. The molecule has 0 bridgehead atoms. The lowest BCUT2D eigenvalue weighted by Gasteiger charge is -2.42. The Kier molecular flexibility index (Phi) is 7.29. The first kappa shape index (κ1) is 21.0. The highest BCUT2D eigenvalue weighted by atomic mass is 35.5. The zero-order valence-corrected chi connectivity index (χ0v) is 16.2. The molecule has 0 atom stereocenters. The maximum Gasteiger partial charge on any atom is 0.242 e. The summed E-state index contributed by atoms with van der Waals surface area (Å²) in [5, 5.41) is 0.675. The first-order chi connectivity index (χ1) is 12.0. The van der Waals surface area contributed by atoms with Crippen LogP contribution >= 0.6 is 24.0 Å². The van der Waals surface area contributed by atoms with Crippen molar-refractivity contribution in [2.75, 3.05) is 39.4 Å². The number of hydrogen-bond acceptors (Lipinski definition) is 4. The van der Waals surface area contributed by atoms with Gasteiger partial charge in [-0.3, -0.25) is 9.59 Å². The quantitative estimate of drug-likeness (QED) is 0.832. The Bertz CT molecular complexity index is 633. The second-order valence-corrected chi connectivity index (χ2v) is 7.20. The molecule has 2 aliphatic heterocycles. The number of halogens is 2. The number of piperazine rings is 1. The molecule has 2 aliphatic rings. The van der Waals surface area contributed by atoms with Crippen molar-refractivity contribution >= 4 is 35.8 Å². The van der Waals surface area contributed by atoms with Gasteiger partial charge in [0.05, 0.1) is 12.0 Å². The highest BCUT2D eigenvalue weighted by Crippen LogP contribution is 2.32. The van der Waals surface area contributed by atoms with Crippen LogP contribution in [-0.4, -0.2) is 61.0 Å². The standard InChI is InChI=1S/C18H24ClN3O3.ClH/c19-15-3-1-14(2-4-15)11-21-7-8-22(12-16(21)23)17(24)18(13-20)5-9-25-10-6-18;/h1-4H,5-13,20H2;1H. The molecule has 6 nitrogen and oxygen atoms in total. The fourth-order valence-corrected chi connectivity index (χ4v) is 3.59. The van der Waals surface area contributed by atoms with Gasteiger partial charge in [0.15, 0.2) is 0 Å². The Balaban J connectivity index is 0.00000243. The maximum atomic E-state index is 13.0. The number of carbonyl (C=O) groups is 2. The molecular weight excluding hydrogens is 377 g/mol. The molecule has 2 heterocycles. The van der Waals surface area contributed by atoms with Crippen molar-refractivity contribution in [2.45, 2.75) is 19.4 Å². The first-order valence-corrected chi connectivity index (χ1v) is 9.01. The van der Waals surface area contributed by atoms with Crippen molar-refractivity contribution < 1.29 is 14.3 Å². The Labute approximate surface area is 165 Å². The maximum absolute atomic E-state index is 13.0. The summed E-state index contributed by atoms with van der Waals surface area (Å²) in [6.45, 7) is 3.13. The minimum atomic E-state index is -0.573. The van der Waals surface area contributed by atoms with Gasteiger partial charge in [-0.05, 0) is 30.5 Å². The lowest BCUT2D eigenvalue weighted by atomic mass is 9.78. The molecule has 8 heteroatoms. The van der Waals surface area contributed by atoms with Crippen LogP contribution in [0.15, 0.2) is 24.3 Å². The summed E-state index contributed by atoms with van der Waals surface area (Å²) >= 11 is 5.89. The van der Waals surface area contributed by atoms with Gasteiger partial charge in [-0.15, -0.1) is 12.4 Å². The van der Waals surface area contributed by atoms with E-state index in [1.165, 1.54) is 0 Å². The van der Waals surface area contributed by atoms with Gasteiger partial charge in [0.25, 0.3) is 0 Å². The zero-order chi connectivity index (χ0) is 17.9. The fourth-order valence-electron chi connectivity index (χ4n) is 3.46. The van der Waals surface area contributed by atoms with Crippen molar-refractivity contribution in [1.29, 1.82) is 0 Å². The molecule has 3 rings (SSSR count). The number of ether oxygens (including phenoxy) is 1. The van der Waals surface area contributed by atoms with Crippen LogP contribution in [0.1, 0.15) is 18.4 Å². The summed E-state index contributed by atoms with van der Waals surface area (Å²) in [5.74, 6) is -0.0356. The van der Waals surface area contributed by atoms with Gasteiger partial charge in [0.1, 0.15) is 0 Å². The Morgan fingerprint density at radius 2 is 1.85 bits per heavy atom. The van der Waals surface area contributed by atoms with Crippen LogP contribution < -0.4 is 5.73 Å². The SMILES string of the molecule is Cl.NCC1(C(=O)N2CCN(Cc3ccc(Cl)cc3)C(=O)C2)CCOCC1. The summed E-state index contributed by atoms with van der Waals surface area (Å²) in [5.41, 5.74) is 6.37. The molecule has 2 fully saturated rings. The number of hydrogen-bond donors (Lipinski definition) is 1. The van der Waals surface area contributed by atoms with Crippen molar-refractivity contribution in [3.8, 4) is 0 Å². The molecule has 2 saturated heterocycles. The molecule has 26 heavy (non-hydrogen) atoms. The third-order valence-corrected chi connectivity index (χ3v) is 5.44. The van der Waals surface area contributed by atoms with Crippen LogP contribution in [-0.2, 0) is 20.9 Å². The second-order valence-electron chi connectivity index (χ2n) is 6.77. The van der Waals surface area contributed by atoms with E-state index in [9.17, 15) is 9.59 Å². The summed E-state index contributed by atoms with van der Waals surface area (Å²) < 4.78 is 5.37. The summed E-state index contributed by atoms with van der Waals surface area (Å²) in [4.78, 5) is 28.9. The average molecular weight is 402 g/mol. The van der Waals surface area contributed by atoms with E-state index < -0.39 is 5.41 Å². The van der Waals surface area contributed by atoms with Crippen molar-refractivity contribution in [3.05, 3.63) is 34.9 Å². The molecule has 0 radical (unpaired) electrons. The Morgan fingerprint density at radius 3 is 2.42 bits per heavy atom. The Hall–Kier alpha value is -1.34. The highest BCUT2D eigenvalue weighted by Gasteiger charge is 2.43. The third-order valence-electron chi connectivity index (χ3n) is 5.19. The molecule has 1 aromatic rings. The lowest BCUT2D eigenvalue weighted by Crippen LogP contribution is -2.57. The summed E-state index contributed by atoms with van der Waals surface area (Å²) in [6, 6.07) is 7.46. The highest BCUT2D eigenvalue weighted by molar-refractivity contribution is 6.30. The molecule has 0 spiro atoms. The number of amides is 2. The van der Waals surface area contributed by atoms with Gasteiger partial charge in [-0.1, -0.05) is 23.7 Å². The smallest absolute Gasteiger partial charge is 0.242 e. The van der Waals surface area contributed by atoms with Crippen LogP contribution in [0.25, 0.3) is 0 Å². The largest absolute Gasteiger partial charge is 0.381 e. The van der Waals surface area contributed by atoms with E-state index in [-0.39, 0.29) is 30.8 Å². The average Bonchev–Trinajstić information content (AvgIpc) is 2.65. The molecule has 2 N–H and O–H groups in total. The summed E-state index contributed by atoms with van der Waals surface area (Å²) in [6.07, 6.45) is 1.25. The van der Waals surface area contributed by atoms with Gasteiger partial charge in [-0.25, -0.2) is 0 Å². The Morgan fingerprint density at radius 1 is 1.19 bits per heavy atom. The normalized spacial score (nSPS) is 19.8. The number of nitrogens with zero attached hydrogens (tertiary/aromatic N) is 2. The monoisotopic (exact) mass is 401 g/mol.